The Morgan fingerprint density at radius 3 is 2.53 bits per heavy atom. The molecule has 0 bridgehead atoms. The van der Waals surface area contributed by atoms with Crippen molar-refractivity contribution in [1.82, 2.24) is 14.9 Å². The fourth-order valence-corrected chi connectivity index (χ4v) is 2.03. The largest absolute Gasteiger partial charge is 0.391 e. The van der Waals surface area contributed by atoms with Crippen molar-refractivity contribution in [3.05, 3.63) is 18.2 Å². The van der Waals surface area contributed by atoms with Crippen molar-refractivity contribution in [3.63, 3.8) is 0 Å². The highest BCUT2D eigenvalue weighted by atomic mass is 32.1. The van der Waals surface area contributed by atoms with Crippen LogP contribution in [-0.4, -0.2) is 26.0 Å². The van der Waals surface area contributed by atoms with Crippen LogP contribution in [0.4, 0.5) is 0 Å². The molecule has 17 heavy (non-hydrogen) atoms. The minimum absolute atomic E-state index is 0.207. The van der Waals surface area contributed by atoms with Crippen molar-refractivity contribution in [2.24, 2.45) is 12.8 Å². The molecule has 0 aliphatic heterocycles. The van der Waals surface area contributed by atoms with Crippen LogP contribution >= 0.6 is 12.2 Å². The maximum absolute atomic E-state index is 12.1. The maximum atomic E-state index is 12.1. The zero-order valence-corrected chi connectivity index (χ0v) is 11.2. The van der Waals surface area contributed by atoms with Crippen LogP contribution in [0.3, 0.4) is 0 Å². The second-order valence-electron chi connectivity index (χ2n) is 4.00. The molecule has 1 aromatic rings. The van der Waals surface area contributed by atoms with E-state index in [1.54, 1.807) is 17.9 Å². The van der Waals surface area contributed by atoms with Gasteiger partial charge in [0.05, 0.1) is 23.1 Å². The van der Waals surface area contributed by atoms with Crippen LogP contribution in [0.5, 0.6) is 0 Å². The average Bonchev–Trinajstić information content (AvgIpc) is 2.72. The van der Waals surface area contributed by atoms with Crippen LogP contribution in [0.25, 0.3) is 0 Å². The van der Waals surface area contributed by atoms with E-state index in [9.17, 15) is 4.79 Å². The lowest BCUT2D eigenvalue weighted by atomic mass is 9.92. The predicted molar refractivity (Wildman–Crippen MR) is 70.8 cm³/mol. The first-order valence-corrected chi connectivity index (χ1v) is 5.96. The molecular weight excluding hydrogens is 236 g/mol. The Balaban J connectivity index is 2.93. The van der Waals surface area contributed by atoms with Crippen molar-refractivity contribution in [2.75, 3.05) is 0 Å². The predicted octanol–water partition coefficient (Wildman–Crippen LogP) is 0.995. The van der Waals surface area contributed by atoms with Crippen molar-refractivity contribution in [2.45, 2.75) is 32.2 Å². The number of rotatable bonds is 5. The van der Waals surface area contributed by atoms with E-state index < -0.39 is 5.54 Å². The number of carbonyl (C=O) groups is 1. The average molecular weight is 254 g/mol. The van der Waals surface area contributed by atoms with Crippen molar-refractivity contribution >= 4 is 23.1 Å². The Morgan fingerprint density at radius 2 is 2.18 bits per heavy atom. The zero-order valence-electron chi connectivity index (χ0n) is 10.4. The summed E-state index contributed by atoms with van der Waals surface area (Å²) in [4.78, 5) is 16.3. The summed E-state index contributed by atoms with van der Waals surface area (Å²) in [6.07, 6.45) is 4.44. The summed E-state index contributed by atoms with van der Waals surface area (Å²) >= 11 is 5.05. The summed E-state index contributed by atoms with van der Waals surface area (Å²) in [5, 5.41) is 2.91. The summed E-state index contributed by atoms with van der Waals surface area (Å²) in [5.41, 5.74) is 5.61. The van der Waals surface area contributed by atoms with Gasteiger partial charge in [-0.05, 0) is 12.8 Å². The van der Waals surface area contributed by atoms with Crippen LogP contribution in [0.2, 0.25) is 0 Å². The molecule has 0 saturated carbocycles. The van der Waals surface area contributed by atoms with E-state index in [0.29, 0.717) is 23.5 Å². The standard InChI is InChI=1S/C11H18N4OS/c1-4-11(5-2,10(12)17)14-9(16)8-6-13-7-15(8)3/h6-7H,4-5H2,1-3H3,(H2,12,17)(H,14,16). The third-order valence-electron chi connectivity index (χ3n) is 3.08. The van der Waals surface area contributed by atoms with Crippen LogP contribution in [0.1, 0.15) is 37.2 Å². The number of amides is 1. The maximum Gasteiger partial charge on any atom is 0.270 e. The van der Waals surface area contributed by atoms with E-state index in [1.807, 2.05) is 13.8 Å². The molecule has 94 valence electrons. The minimum atomic E-state index is -0.614. The molecule has 0 unspecified atom stereocenters. The van der Waals surface area contributed by atoms with Gasteiger partial charge in [0.15, 0.2) is 0 Å². The number of nitrogens with zero attached hydrogens (tertiary/aromatic N) is 2. The van der Waals surface area contributed by atoms with E-state index >= 15 is 0 Å². The van der Waals surface area contributed by atoms with Gasteiger partial charge in [0.1, 0.15) is 5.69 Å². The van der Waals surface area contributed by atoms with Gasteiger partial charge in [0, 0.05) is 7.05 Å². The molecule has 1 heterocycles. The van der Waals surface area contributed by atoms with E-state index in [4.69, 9.17) is 18.0 Å². The number of nitrogens with two attached hydrogens (primary N) is 1. The number of nitrogens with one attached hydrogen (secondary N) is 1. The van der Waals surface area contributed by atoms with Gasteiger partial charge in [0.2, 0.25) is 0 Å². The molecule has 1 amide bonds. The molecule has 0 saturated heterocycles. The topological polar surface area (TPSA) is 72.9 Å². The smallest absolute Gasteiger partial charge is 0.270 e. The van der Waals surface area contributed by atoms with Gasteiger partial charge in [0.25, 0.3) is 5.91 Å². The van der Waals surface area contributed by atoms with Crippen LogP contribution in [0.15, 0.2) is 12.5 Å². The lowest BCUT2D eigenvalue weighted by Gasteiger charge is -2.31. The first kappa shape index (κ1) is 13.6. The summed E-state index contributed by atoms with van der Waals surface area (Å²) in [6, 6.07) is 0. The number of hydrogen-bond donors (Lipinski definition) is 2. The van der Waals surface area contributed by atoms with Crippen molar-refractivity contribution in [3.8, 4) is 0 Å². The fraction of sp³-hybridized carbons (Fsp3) is 0.545. The third kappa shape index (κ3) is 2.63. The second-order valence-corrected chi connectivity index (χ2v) is 4.44. The summed E-state index contributed by atoms with van der Waals surface area (Å²) in [7, 11) is 1.77. The van der Waals surface area contributed by atoms with E-state index in [0.717, 1.165) is 0 Å². The number of thiocarbonyl (C=S) groups is 1. The van der Waals surface area contributed by atoms with Crippen molar-refractivity contribution in [1.29, 1.82) is 0 Å². The molecule has 0 aromatic carbocycles. The normalized spacial score (nSPS) is 11.2. The zero-order chi connectivity index (χ0) is 13.1. The second kappa shape index (κ2) is 5.27. The Kier molecular flexibility index (Phi) is 4.22. The van der Waals surface area contributed by atoms with Gasteiger partial charge >= 0.3 is 0 Å². The summed E-state index contributed by atoms with van der Waals surface area (Å²) < 4.78 is 1.66. The first-order valence-electron chi connectivity index (χ1n) is 5.55. The van der Waals surface area contributed by atoms with Gasteiger partial charge in [-0.2, -0.15) is 0 Å². The fourth-order valence-electron chi connectivity index (χ4n) is 1.69. The Bertz CT molecular complexity index is 423. The van der Waals surface area contributed by atoms with Crippen LogP contribution in [0, 0.1) is 0 Å². The highest BCUT2D eigenvalue weighted by Crippen LogP contribution is 2.16. The molecule has 0 atom stereocenters. The van der Waals surface area contributed by atoms with Gasteiger partial charge in [-0.25, -0.2) is 4.98 Å². The molecule has 6 heteroatoms. The molecule has 0 spiro atoms. The van der Waals surface area contributed by atoms with Gasteiger partial charge in [-0.3, -0.25) is 4.79 Å². The number of carbonyl (C=O) groups excluding carboxylic acids is 1. The first-order chi connectivity index (χ1) is 7.96. The van der Waals surface area contributed by atoms with Crippen LogP contribution < -0.4 is 11.1 Å². The Labute approximate surface area is 106 Å². The number of hydrogen-bond acceptors (Lipinski definition) is 3. The quantitative estimate of drug-likeness (QED) is 0.769. The van der Waals surface area contributed by atoms with Gasteiger partial charge < -0.3 is 15.6 Å². The molecule has 1 rings (SSSR count). The number of aryl methyl sites for hydroxylation is 1. The Morgan fingerprint density at radius 1 is 1.59 bits per heavy atom. The molecule has 0 radical (unpaired) electrons. The van der Waals surface area contributed by atoms with E-state index in [2.05, 4.69) is 10.3 Å². The molecule has 3 N–H and O–H groups in total. The summed E-state index contributed by atoms with van der Waals surface area (Å²) in [6.45, 7) is 3.90. The number of imidazole rings is 1. The molecule has 0 aliphatic rings. The van der Waals surface area contributed by atoms with Gasteiger partial charge in [-0.1, -0.05) is 26.1 Å². The van der Waals surface area contributed by atoms with Crippen molar-refractivity contribution < 1.29 is 4.79 Å². The minimum Gasteiger partial charge on any atom is -0.391 e. The third-order valence-corrected chi connectivity index (χ3v) is 3.47. The van der Waals surface area contributed by atoms with E-state index in [-0.39, 0.29) is 5.91 Å². The lowest BCUT2D eigenvalue weighted by Crippen LogP contribution is -2.56. The SMILES string of the molecule is CCC(CC)(NC(=O)c1cncn1C)C(N)=S. The highest BCUT2D eigenvalue weighted by molar-refractivity contribution is 7.80. The molecule has 0 fully saturated rings. The van der Waals surface area contributed by atoms with E-state index in [1.165, 1.54) is 6.20 Å². The number of aromatic nitrogens is 2. The highest BCUT2D eigenvalue weighted by Gasteiger charge is 2.32. The lowest BCUT2D eigenvalue weighted by molar-refractivity contribution is 0.0911. The molecule has 1 aromatic heterocycles. The van der Waals surface area contributed by atoms with Crippen LogP contribution in [-0.2, 0) is 7.05 Å². The summed E-state index contributed by atoms with van der Waals surface area (Å²) in [5.74, 6) is -0.207. The molecule has 5 nitrogen and oxygen atoms in total. The molecular formula is C11H18N4OS. The monoisotopic (exact) mass is 254 g/mol. The Hall–Kier alpha value is -1.43. The molecule has 0 aliphatic carbocycles. The van der Waals surface area contributed by atoms with Gasteiger partial charge in [-0.15, -0.1) is 0 Å².